The Morgan fingerprint density at radius 3 is 2.46 bits per heavy atom. The molecule has 0 aliphatic rings. The number of fused-ring (bicyclic) bond motifs is 1. The lowest BCUT2D eigenvalue weighted by Crippen LogP contribution is -2.12. The lowest BCUT2D eigenvalue weighted by molar-refractivity contribution is 0.102. The van der Waals surface area contributed by atoms with Gasteiger partial charge in [0, 0.05) is 11.3 Å². The zero-order valence-electron chi connectivity index (χ0n) is 21.6. The molecule has 2 aromatic heterocycles. The summed E-state index contributed by atoms with van der Waals surface area (Å²) < 4.78 is 6.08. The van der Waals surface area contributed by atoms with Crippen molar-refractivity contribution in [2.45, 2.75) is 26.7 Å². The standard InChI is InChI=1S/C30H27N5O4/c1-17(2)23-11-10-22-28(33-23)31-16-32-29(22)34-25-15-19(30(38)35-24-14-18(3)4-12-26(24)37)5-13-27(25)39-21-8-6-20(36)7-9-21/h4-17,36-37H,1-3H3,(H,35,38)(H,31,32,33,34). The molecule has 3 aromatic carbocycles. The number of hydrogen-bond donors (Lipinski definition) is 4. The van der Waals surface area contributed by atoms with Gasteiger partial charge in [-0.15, -0.1) is 0 Å². The highest BCUT2D eigenvalue weighted by molar-refractivity contribution is 6.06. The van der Waals surface area contributed by atoms with Gasteiger partial charge in [0.15, 0.2) is 11.4 Å². The highest BCUT2D eigenvalue weighted by atomic mass is 16.5. The largest absolute Gasteiger partial charge is 0.508 e. The Kier molecular flexibility index (Phi) is 6.96. The summed E-state index contributed by atoms with van der Waals surface area (Å²) in [5, 5.41) is 26.6. The molecule has 0 spiro atoms. The first-order valence-corrected chi connectivity index (χ1v) is 12.4. The third-order valence-electron chi connectivity index (χ3n) is 6.07. The molecule has 1 amide bonds. The van der Waals surface area contributed by atoms with Crippen molar-refractivity contribution in [1.29, 1.82) is 0 Å². The quantitative estimate of drug-likeness (QED) is 0.175. The number of ether oxygens (including phenoxy) is 1. The van der Waals surface area contributed by atoms with Crippen LogP contribution in [0.15, 0.2) is 79.1 Å². The molecule has 196 valence electrons. The van der Waals surface area contributed by atoms with E-state index in [0.717, 1.165) is 11.3 Å². The molecular formula is C30H27N5O4. The molecule has 0 saturated carbocycles. The van der Waals surface area contributed by atoms with Crippen molar-refractivity contribution in [2.75, 3.05) is 10.6 Å². The third-order valence-corrected chi connectivity index (χ3v) is 6.07. The lowest BCUT2D eigenvalue weighted by Gasteiger charge is -2.16. The van der Waals surface area contributed by atoms with Gasteiger partial charge in [-0.1, -0.05) is 19.9 Å². The van der Waals surface area contributed by atoms with E-state index in [1.165, 1.54) is 24.5 Å². The van der Waals surface area contributed by atoms with Crippen molar-refractivity contribution in [1.82, 2.24) is 15.0 Å². The van der Waals surface area contributed by atoms with Gasteiger partial charge in [-0.3, -0.25) is 4.79 Å². The second kappa shape index (κ2) is 10.7. The topological polar surface area (TPSA) is 129 Å². The number of phenolic OH excluding ortho intramolecular Hbond substituents is 2. The van der Waals surface area contributed by atoms with Gasteiger partial charge in [-0.05, 0) is 85.1 Å². The number of aryl methyl sites for hydroxylation is 1. The molecule has 9 nitrogen and oxygen atoms in total. The number of amides is 1. The van der Waals surface area contributed by atoms with Crippen LogP contribution in [0, 0.1) is 6.92 Å². The molecule has 5 rings (SSSR count). The number of carbonyl (C=O) groups excluding carboxylic acids is 1. The Hall–Kier alpha value is -5.18. The molecule has 0 bridgehead atoms. The third kappa shape index (κ3) is 5.72. The minimum absolute atomic E-state index is 0.0275. The van der Waals surface area contributed by atoms with Crippen molar-refractivity contribution >= 4 is 34.1 Å². The Bertz CT molecular complexity index is 1670. The highest BCUT2D eigenvalue weighted by Crippen LogP contribution is 2.35. The van der Waals surface area contributed by atoms with Crippen molar-refractivity contribution in [2.24, 2.45) is 0 Å². The molecule has 0 aliphatic heterocycles. The van der Waals surface area contributed by atoms with E-state index in [1.54, 1.807) is 42.5 Å². The molecule has 0 radical (unpaired) electrons. The molecule has 9 heteroatoms. The summed E-state index contributed by atoms with van der Waals surface area (Å²) in [7, 11) is 0. The second-order valence-corrected chi connectivity index (χ2v) is 9.39. The van der Waals surface area contributed by atoms with Crippen LogP contribution in [0.2, 0.25) is 0 Å². The van der Waals surface area contributed by atoms with Gasteiger partial charge in [-0.25, -0.2) is 15.0 Å². The summed E-state index contributed by atoms with van der Waals surface area (Å²) in [6, 6.07) is 20.1. The predicted octanol–water partition coefficient (Wildman–Crippen LogP) is 6.66. The van der Waals surface area contributed by atoms with Gasteiger partial charge < -0.3 is 25.6 Å². The van der Waals surface area contributed by atoms with Crippen LogP contribution in [0.4, 0.5) is 17.2 Å². The fourth-order valence-electron chi connectivity index (χ4n) is 3.95. The summed E-state index contributed by atoms with van der Waals surface area (Å²) in [5.41, 5.74) is 3.47. The van der Waals surface area contributed by atoms with E-state index >= 15 is 0 Å². The zero-order valence-corrected chi connectivity index (χ0v) is 21.6. The van der Waals surface area contributed by atoms with Crippen LogP contribution < -0.4 is 15.4 Å². The van der Waals surface area contributed by atoms with Crippen LogP contribution in [0.3, 0.4) is 0 Å². The fourth-order valence-corrected chi connectivity index (χ4v) is 3.95. The van der Waals surface area contributed by atoms with Crippen LogP contribution >= 0.6 is 0 Å². The summed E-state index contributed by atoms with van der Waals surface area (Å²) in [4.78, 5) is 26.5. The van der Waals surface area contributed by atoms with E-state index in [2.05, 4.69) is 39.4 Å². The predicted molar refractivity (Wildman–Crippen MR) is 150 cm³/mol. The van der Waals surface area contributed by atoms with Gasteiger partial charge in [0.25, 0.3) is 5.91 Å². The smallest absolute Gasteiger partial charge is 0.255 e. The summed E-state index contributed by atoms with van der Waals surface area (Å²) in [6.45, 7) is 6.00. The molecule has 5 aromatic rings. The van der Waals surface area contributed by atoms with E-state index in [0.29, 0.717) is 45.3 Å². The monoisotopic (exact) mass is 521 g/mol. The lowest BCUT2D eigenvalue weighted by atomic mass is 10.1. The van der Waals surface area contributed by atoms with Crippen LogP contribution in [-0.2, 0) is 0 Å². The Labute approximate surface area is 225 Å². The fraction of sp³-hybridized carbons (Fsp3) is 0.133. The molecule has 2 heterocycles. The molecular weight excluding hydrogens is 494 g/mol. The number of carbonyl (C=O) groups is 1. The number of rotatable bonds is 7. The molecule has 4 N–H and O–H groups in total. The maximum absolute atomic E-state index is 13.1. The summed E-state index contributed by atoms with van der Waals surface area (Å²) in [5.74, 6) is 1.34. The van der Waals surface area contributed by atoms with Gasteiger partial charge in [0.1, 0.15) is 29.4 Å². The van der Waals surface area contributed by atoms with Crippen LogP contribution in [0.5, 0.6) is 23.0 Å². The van der Waals surface area contributed by atoms with Crippen LogP contribution in [-0.4, -0.2) is 31.1 Å². The van der Waals surface area contributed by atoms with E-state index < -0.39 is 5.91 Å². The molecule has 0 aliphatic carbocycles. The van der Waals surface area contributed by atoms with E-state index in [4.69, 9.17) is 4.74 Å². The molecule has 0 saturated heterocycles. The average Bonchev–Trinajstić information content (AvgIpc) is 2.92. The van der Waals surface area contributed by atoms with Gasteiger partial charge in [0.2, 0.25) is 0 Å². The maximum Gasteiger partial charge on any atom is 0.255 e. The number of aromatic nitrogens is 3. The van der Waals surface area contributed by atoms with Crippen molar-refractivity contribution in [3.8, 4) is 23.0 Å². The summed E-state index contributed by atoms with van der Waals surface area (Å²) >= 11 is 0. The molecule has 0 unspecified atom stereocenters. The first-order chi connectivity index (χ1) is 18.8. The number of nitrogens with zero attached hydrogens (tertiary/aromatic N) is 3. The number of pyridine rings is 1. The SMILES string of the molecule is Cc1ccc(O)c(NC(=O)c2ccc(Oc3ccc(O)cc3)c(Nc3ncnc4nc(C(C)C)ccc34)c2)c1. The van der Waals surface area contributed by atoms with Crippen LogP contribution in [0.25, 0.3) is 11.0 Å². The first kappa shape index (κ1) is 25.5. The number of nitrogens with one attached hydrogen (secondary N) is 2. The Morgan fingerprint density at radius 2 is 1.69 bits per heavy atom. The molecule has 39 heavy (non-hydrogen) atoms. The van der Waals surface area contributed by atoms with E-state index in [9.17, 15) is 15.0 Å². The first-order valence-electron chi connectivity index (χ1n) is 12.4. The number of anilines is 3. The van der Waals surface area contributed by atoms with Gasteiger partial charge in [0.05, 0.1) is 16.8 Å². The highest BCUT2D eigenvalue weighted by Gasteiger charge is 2.16. The van der Waals surface area contributed by atoms with Crippen molar-refractivity contribution in [3.63, 3.8) is 0 Å². The van der Waals surface area contributed by atoms with E-state index in [-0.39, 0.29) is 17.4 Å². The molecule has 0 fully saturated rings. The van der Waals surface area contributed by atoms with Crippen molar-refractivity contribution in [3.05, 3.63) is 95.9 Å². The Balaban J connectivity index is 1.53. The van der Waals surface area contributed by atoms with Crippen molar-refractivity contribution < 1.29 is 19.7 Å². The number of aromatic hydroxyl groups is 2. The molecule has 0 atom stereocenters. The second-order valence-electron chi connectivity index (χ2n) is 9.39. The van der Waals surface area contributed by atoms with Crippen LogP contribution in [0.1, 0.15) is 41.4 Å². The minimum atomic E-state index is -0.411. The number of benzene rings is 3. The average molecular weight is 522 g/mol. The van der Waals surface area contributed by atoms with Gasteiger partial charge >= 0.3 is 0 Å². The van der Waals surface area contributed by atoms with Gasteiger partial charge in [-0.2, -0.15) is 0 Å². The Morgan fingerprint density at radius 1 is 0.897 bits per heavy atom. The summed E-state index contributed by atoms with van der Waals surface area (Å²) in [6.07, 6.45) is 1.43. The van der Waals surface area contributed by atoms with E-state index in [1.807, 2.05) is 19.1 Å². The number of hydrogen-bond acceptors (Lipinski definition) is 8. The normalized spacial score (nSPS) is 11.0. The minimum Gasteiger partial charge on any atom is -0.508 e. The maximum atomic E-state index is 13.1. The number of phenols is 2. The zero-order chi connectivity index (χ0) is 27.5.